The Morgan fingerprint density at radius 3 is 2.70 bits per heavy atom. The van der Waals surface area contributed by atoms with Crippen molar-refractivity contribution in [3.8, 4) is 5.75 Å². The van der Waals surface area contributed by atoms with E-state index < -0.39 is 4.92 Å². The molecule has 0 unspecified atom stereocenters. The maximum Gasteiger partial charge on any atom is 0.311 e. The summed E-state index contributed by atoms with van der Waals surface area (Å²) in [4.78, 5) is 24.1. The van der Waals surface area contributed by atoms with Crippen LogP contribution in [0.15, 0.2) is 23.1 Å². The number of benzene rings is 1. The summed E-state index contributed by atoms with van der Waals surface area (Å²) >= 11 is 6.19. The summed E-state index contributed by atoms with van der Waals surface area (Å²) in [5.74, 6) is -0.0336. The lowest BCUT2D eigenvalue weighted by Crippen LogP contribution is -2.22. The van der Waals surface area contributed by atoms with Gasteiger partial charge in [0.05, 0.1) is 16.9 Å². The quantitative estimate of drug-likeness (QED) is 0.369. The van der Waals surface area contributed by atoms with E-state index in [1.807, 2.05) is 0 Å². The predicted octanol–water partition coefficient (Wildman–Crippen LogP) is 2.43. The summed E-state index contributed by atoms with van der Waals surface area (Å²) in [6.07, 6.45) is 1.58. The predicted molar refractivity (Wildman–Crippen MR) is 80.6 cm³/mol. The highest BCUT2D eigenvalue weighted by Gasteiger charge is 2.28. The van der Waals surface area contributed by atoms with Gasteiger partial charge >= 0.3 is 5.69 Å². The topological polar surface area (TPSA) is 72.7 Å². The fourth-order valence-corrected chi connectivity index (χ4v) is 2.82. The molecule has 8 heteroatoms. The highest BCUT2D eigenvalue weighted by Crippen LogP contribution is 2.33. The second-order valence-electron chi connectivity index (χ2n) is 3.93. The first kappa shape index (κ1) is 14.5. The van der Waals surface area contributed by atoms with E-state index in [1.54, 1.807) is 19.2 Å². The lowest BCUT2D eigenvalue weighted by molar-refractivity contribution is -0.385. The number of thiocarbonyl (C=S) groups is 1. The molecule has 0 saturated carbocycles. The highest BCUT2D eigenvalue weighted by atomic mass is 32.2. The average Bonchev–Trinajstić information content (AvgIpc) is 2.66. The number of hydrogen-bond donors (Lipinski definition) is 0. The molecular weight excluding hydrogens is 300 g/mol. The smallest absolute Gasteiger partial charge is 0.311 e. The van der Waals surface area contributed by atoms with Crippen molar-refractivity contribution in [1.29, 1.82) is 0 Å². The Hall–Kier alpha value is -1.93. The zero-order chi connectivity index (χ0) is 14.9. The molecule has 0 aliphatic carbocycles. The highest BCUT2D eigenvalue weighted by molar-refractivity contribution is 8.26. The first-order valence-corrected chi connectivity index (χ1v) is 6.70. The van der Waals surface area contributed by atoms with Crippen molar-refractivity contribution in [2.75, 3.05) is 14.2 Å². The van der Waals surface area contributed by atoms with Crippen molar-refractivity contribution in [3.05, 3.63) is 38.8 Å². The van der Waals surface area contributed by atoms with Crippen LogP contribution in [-0.2, 0) is 4.79 Å². The van der Waals surface area contributed by atoms with Crippen LogP contribution in [0.5, 0.6) is 5.75 Å². The zero-order valence-electron chi connectivity index (χ0n) is 10.7. The van der Waals surface area contributed by atoms with E-state index in [1.165, 1.54) is 35.9 Å². The van der Waals surface area contributed by atoms with Crippen LogP contribution in [0.4, 0.5) is 5.69 Å². The fourth-order valence-electron chi connectivity index (χ4n) is 1.64. The van der Waals surface area contributed by atoms with Crippen LogP contribution in [0.2, 0.25) is 0 Å². The molecular formula is C12H10N2O4S2. The monoisotopic (exact) mass is 310 g/mol. The van der Waals surface area contributed by atoms with Gasteiger partial charge in [-0.05, 0) is 17.7 Å². The first-order valence-electron chi connectivity index (χ1n) is 5.48. The molecule has 0 N–H and O–H groups in total. The van der Waals surface area contributed by atoms with E-state index in [0.29, 0.717) is 14.8 Å². The van der Waals surface area contributed by atoms with E-state index >= 15 is 0 Å². The van der Waals surface area contributed by atoms with Crippen molar-refractivity contribution in [2.24, 2.45) is 0 Å². The molecule has 1 fully saturated rings. The second-order valence-corrected chi connectivity index (χ2v) is 5.60. The SMILES string of the molecule is COc1ccc(C=C2SC(=S)N(C)C2=O)cc1[N+](=O)[O-]. The molecule has 1 aromatic rings. The summed E-state index contributed by atoms with van der Waals surface area (Å²) in [6, 6.07) is 4.51. The van der Waals surface area contributed by atoms with Crippen molar-refractivity contribution in [2.45, 2.75) is 0 Å². The minimum atomic E-state index is -0.527. The van der Waals surface area contributed by atoms with Gasteiger partial charge in [-0.2, -0.15) is 0 Å². The number of nitro groups is 1. The van der Waals surface area contributed by atoms with Crippen molar-refractivity contribution in [1.82, 2.24) is 4.90 Å². The number of carbonyl (C=O) groups excluding carboxylic acids is 1. The third-order valence-corrected chi connectivity index (χ3v) is 4.17. The van der Waals surface area contributed by atoms with Gasteiger partial charge in [0.15, 0.2) is 5.75 Å². The molecule has 1 heterocycles. The molecule has 2 rings (SSSR count). The minimum Gasteiger partial charge on any atom is -0.490 e. The van der Waals surface area contributed by atoms with Gasteiger partial charge in [0.2, 0.25) is 0 Å². The summed E-state index contributed by atoms with van der Waals surface area (Å²) < 4.78 is 5.39. The zero-order valence-corrected chi connectivity index (χ0v) is 12.3. The van der Waals surface area contributed by atoms with E-state index in [2.05, 4.69) is 0 Å². The van der Waals surface area contributed by atoms with Crippen LogP contribution in [-0.4, -0.2) is 34.2 Å². The number of hydrogen-bond acceptors (Lipinski definition) is 6. The molecule has 1 aliphatic rings. The van der Waals surface area contributed by atoms with Crippen LogP contribution in [0.1, 0.15) is 5.56 Å². The van der Waals surface area contributed by atoms with Gasteiger partial charge in [-0.25, -0.2) is 0 Å². The van der Waals surface area contributed by atoms with Crippen LogP contribution < -0.4 is 4.74 Å². The maximum absolute atomic E-state index is 11.9. The summed E-state index contributed by atoms with van der Waals surface area (Å²) in [5.41, 5.74) is 0.402. The van der Waals surface area contributed by atoms with E-state index in [0.717, 1.165) is 0 Å². The van der Waals surface area contributed by atoms with Gasteiger partial charge in [-0.1, -0.05) is 30.0 Å². The second kappa shape index (κ2) is 5.59. The van der Waals surface area contributed by atoms with Crippen LogP contribution in [0.25, 0.3) is 6.08 Å². The molecule has 0 spiro atoms. The number of nitrogens with zero attached hydrogens (tertiary/aromatic N) is 2. The number of carbonyl (C=O) groups is 1. The lowest BCUT2D eigenvalue weighted by atomic mass is 10.1. The minimum absolute atomic E-state index is 0.145. The Bertz CT molecular complexity index is 642. The molecule has 1 aliphatic heterocycles. The molecule has 0 atom stereocenters. The number of ether oxygens (including phenoxy) is 1. The number of nitro benzene ring substituents is 1. The molecule has 1 saturated heterocycles. The average molecular weight is 310 g/mol. The van der Waals surface area contributed by atoms with Crippen LogP contribution >= 0.6 is 24.0 Å². The van der Waals surface area contributed by atoms with E-state index in [4.69, 9.17) is 17.0 Å². The Balaban J connectivity index is 2.40. The molecule has 6 nitrogen and oxygen atoms in total. The molecule has 0 bridgehead atoms. The number of thioether (sulfide) groups is 1. The van der Waals surface area contributed by atoms with E-state index in [-0.39, 0.29) is 17.3 Å². The number of rotatable bonds is 3. The van der Waals surface area contributed by atoms with Crippen LogP contribution in [0.3, 0.4) is 0 Å². The maximum atomic E-state index is 11.9. The Morgan fingerprint density at radius 1 is 1.50 bits per heavy atom. The normalized spacial score (nSPS) is 16.9. The lowest BCUT2D eigenvalue weighted by Gasteiger charge is -2.04. The van der Waals surface area contributed by atoms with Gasteiger partial charge in [-0.15, -0.1) is 0 Å². The molecule has 1 amide bonds. The third kappa shape index (κ3) is 2.66. The van der Waals surface area contributed by atoms with Gasteiger partial charge in [0, 0.05) is 13.1 Å². The Labute approximate surface area is 124 Å². The first-order chi connectivity index (χ1) is 9.43. The largest absolute Gasteiger partial charge is 0.490 e. The van der Waals surface area contributed by atoms with E-state index in [9.17, 15) is 14.9 Å². The van der Waals surface area contributed by atoms with Crippen molar-refractivity contribution < 1.29 is 14.5 Å². The Kier molecular flexibility index (Phi) is 4.05. The molecule has 0 aromatic heterocycles. The summed E-state index contributed by atoms with van der Waals surface area (Å²) in [7, 11) is 2.96. The molecule has 1 aromatic carbocycles. The number of amides is 1. The van der Waals surface area contributed by atoms with Crippen molar-refractivity contribution >= 4 is 46.0 Å². The van der Waals surface area contributed by atoms with Gasteiger partial charge in [0.1, 0.15) is 4.32 Å². The van der Waals surface area contributed by atoms with Gasteiger partial charge in [-0.3, -0.25) is 19.8 Å². The Morgan fingerprint density at radius 2 is 2.20 bits per heavy atom. The summed E-state index contributed by atoms with van der Waals surface area (Å²) in [5, 5.41) is 10.9. The van der Waals surface area contributed by atoms with Gasteiger partial charge < -0.3 is 4.74 Å². The standard InChI is InChI=1S/C12H10N2O4S2/c1-13-11(15)10(20-12(13)19)6-7-3-4-9(18-2)8(5-7)14(16)17/h3-6H,1-2H3. The summed E-state index contributed by atoms with van der Waals surface area (Å²) in [6.45, 7) is 0. The van der Waals surface area contributed by atoms with Crippen molar-refractivity contribution in [3.63, 3.8) is 0 Å². The van der Waals surface area contributed by atoms with Gasteiger partial charge in [0.25, 0.3) is 5.91 Å². The fraction of sp³-hybridized carbons (Fsp3) is 0.167. The third-order valence-electron chi connectivity index (χ3n) is 2.68. The number of likely N-dealkylation sites (N-methyl/N-ethyl adjacent to an activating group) is 1. The molecule has 104 valence electrons. The molecule has 20 heavy (non-hydrogen) atoms. The molecule has 0 radical (unpaired) electrons. The number of methoxy groups -OCH3 is 1. The van der Waals surface area contributed by atoms with Crippen LogP contribution in [0, 0.1) is 10.1 Å².